The van der Waals surface area contributed by atoms with Crippen LogP contribution in [0.3, 0.4) is 0 Å². The standard InChI is InChI=1S/C40H44F2N2OS2/c1-25(2)27-7-11-37-33(19-27)35(21-29-5-9-31(41)23-39(29)46-37)44-15-13-43(14-16-44)17-18-45-36-22-30-6-10-32(42)24-40(30)47-38-12-8-28(26(3)4)20-34(36)38/h5-12,19-20,23-26,35-36H,13-18,21-22H2,1-4H3/t35-,36+/m0/s1. The molecule has 3 aliphatic rings. The summed E-state index contributed by atoms with van der Waals surface area (Å²) in [6, 6.07) is 24.3. The molecule has 0 spiro atoms. The minimum atomic E-state index is -0.195. The van der Waals surface area contributed by atoms with Gasteiger partial charge in [-0.25, -0.2) is 8.78 Å². The zero-order chi connectivity index (χ0) is 32.7. The average molecular weight is 671 g/mol. The van der Waals surface area contributed by atoms with Crippen molar-refractivity contribution in [2.45, 2.75) is 84.1 Å². The van der Waals surface area contributed by atoms with Crippen molar-refractivity contribution in [2.24, 2.45) is 0 Å². The van der Waals surface area contributed by atoms with Crippen LogP contribution in [-0.2, 0) is 17.6 Å². The van der Waals surface area contributed by atoms with Gasteiger partial charge >= 0.3 is 0 Å². The molecule has 1 saturated heterocycles. The topological polar surface area (TPSA) is 15.7 Å². The summed E-state index contributed by atoms with van der Waals surface area (Å²) in [6.07, 6.45) is 1.57. The molecule has 3 heterocycles. The quantitative estimate of drug-likeness (QED) is 0.194. The van der Waals surface area contributed by atoms with Crippen LogP contribution in [0.2, 0.25) is 0 Å². The van der Waals surface area contributed by atoms with E-state index in [4.69, 9.17) is 4.74 Å². The third kappa shape index (κ3) is 7.20. The van der Waals surface area contributed by atoms with Gasteiger partial charge in [0.05, 0.1) is 12.7 Å². The molecule has 47 heavy (non-hydrogen) atoms. The van der Waals surface area contributed by atoms with Gasteiger partial charge < -0.3 is 4.74 Å². The van der Waals surface area contributed by atoms with Crippen LogP contribution in [0.15, 0.2) is 92.4 Å². The van der Waals surface area contributed by atoms with Crippen LogP contribution in [0, 0.1) is 11.6 Å². The first-order valence-corrected chi connectivity index (χ1v) is 18.6. The Kier molecular flexibility index (Phi) is 9.82. The summed E-state index contributed by atoms with van der Waals surface area (Å²) in [7, 11) is 0. The van der Waals surface area contributed by atoms with Crippen LogP contribution in [0.1, 0.15) is 85.1 Å². The highest BCUT2D eigenvalue weighted by Gasteiger charge is 2.31. The van der Waals surface area contributed by atoms with E-state index in [-0.39, 0.29) is 23.8 Å². The van der Waals surface area contributed by atoms with Crippen molar-refractivity contribution in [1.82, 2.24) is 9.80 Å². The van der Waals surface area contributed by atoms with E-state index >= 15 is 0 Å². The van der Waals surface area contributed by atoms with Gasteiger partial charge in [-0.2, -0.15) is 0 Å². The van der Waals surface area contributed by atoms with E-state index in [0.717, 1.165) is 65.8 Å². The number of fused-ring (bicyclic) bond motifs is 4. The first-order chi connectivity index (χ1) is 22.7. The number of rotatable bonds is 7. The second-order valence-corrected chi connectivity index (χ2v) is 15.9. The molecule has 4 aromatic rings. The van der Waals surface area contributed by atoms with E-state index in [0.29, 0.717) is 18.4 Å². The molecular weight excluding hydrogens is 627 g/mol. The van der Waals surface area contributed by atoms with Crippen molar-refractivity contribution in [3.8, 4) is 0 Å². The molecule has 0 aromatic heterocycles. The molecule has 3 aliphatic heterocycles. The van der Waals surface area contributed by atoms with Gasteiger partial charge in [-0.1, -0.05) is 87.6 Å². The molecule has 246 valence electrons. The van der Waals surface area contributed by atoms with Gasteiger partial charge in [0.15, 0.2) is 0 Å². The maximum absolute atomic E-state index is 14.3. The molecule has 2 atom stereocenters. The van der Waals surface area contributed by atoms with Crippen molar-refractivity contribution in [3.63, 3.8) is 0 Å². The maximum Gasteiger partial charge on any atom is 0.124 e. The monoisotopic (exact) mass is 670 g/mol. The highest BCUT2D eigenvalue weighted by Crippen LogP contribution is 2.45. The summed E-state index contributed by atoms with van der Waals surface area (Å²) < 4.78 is 35.1. The molecule has 3 nitrogen and oxygen atoms in total. The Bertz CT molecular complexity index is 1750. The first kappa shape index (κ1) is 32.8. The molecule has 7 rings (SSSR count). The van der Waals surface area contributed by atoms with Gasteiger partial charge in [-0.05, 0) is 88.0 Å². The average Bonchev–Trinajstić information content (AvgIpc) is 3.31. The lowest BCUT2D eigenvalue weighted by atomic mass is 9.93. The van der Waals surface area contributed by atoms with Crippen LogP contribution in [0.4, 0.5) is 8.78 Å². The molecule has 1 fully saturated rings. The lowest BCUT2D eigenvalue weighted by molar-refractivity contribution is 0.0204. The Balaban J connectivity index is 1.04. The van der Waals surface area contributed by atoms with Crippen LogP contribution < -0.4 is 0 Å². The van der Waals surface area contributed by atoms with Gasteiger partial charge in [0.2, 0.25) is 0 Å². The molecule has 0 saturated carbocycles. The summed E-state index contributed by atoms with van der Waals surface area (Å²) in [4.78, 5) is 9.58. The van der Waals surface area contributed by atoms with Crippen molar-refractivity contribution < 1.29 is 13.5 Å². The Labute approximate surface area is 287 Å². The Morgan fingerprint density at radius 3 is 1.81 bits per heavy atom. The third-order valence-corrected chi connectivity index (χ3v) is 12.4. The molecule has 0 aliphatic carbocycles. The summed E-state index contributed by atoms with van der Waals surface area (Å²) >= 11 is 3.37. The van der Waals surface area contributed by atoms with Crippen molar-refractivity contribution in [1.29, 1.82) is 0 Å². The largest absolute Gasteiger partial charge is 0.372 e. The SMILES string of the molecule is CC(C)c1ccc2c(c1)[C@H](OCCN1CCN([C@H]3Cc4ccc(F)cc4Sc4ccc(C(C)C)cc43)CC1)Cc1ccc(F)cc1S2. The number of hydrogen-bond acceptors (Lipinski definition) is 5. The molecule has 7 heteroatoms. The van der Waals surface area contributed by atoms with E-state index < -0.39 is 0 Å². The van der Waals surface area contributed by atoms with E-state index in [1.807, 2.05) is 12.1 Å². The van der Waals surface area contributed by atoms with Gasteiger partial charge in [0, 0.05) is 64.8 Å². The van der Waals surface area contributed by atoms with E-state index in [2.05, 4.69) is 73.9 Å². The number of nitrogens with zero attached hydrogens (tertiary/aromatic N) is 2. The number of halogens is 2. The second kappa shape index (κ2) is 14.0. The van der Waals surface area contributed by atoms with Crippen molar-refractivity contribution >= 4 is 23.5 Å². The number of benzene rings is 4. The molecule has 0 radical (unpaired) electrons. The fraction of sp³-hybridized carbons (Fsp3) is 0.400. The Morgan fingerprint density at radius 1 is 0.660 bits per heavy atom. The maximum atomic E-state index is 14.3. The van der Waals surface area contributed by atoms with Crippen LogP contribution in [0.5, 0.6) is 0 Å². The molecule has 0 unspecified atom stereocenters. The molecular formula is C40H44F2N2OS2. The predicted molar refractivity (Wildman–Crippen MR) is 189 cm³/mol. The zero-order valence-electron chi connectivity index (χ0n) is 27.8. The molecule has 0 amide bonds. The first-order valence-electron chi connectivity index (χ1n) is 17.0. The molecule has 4 aromatic carbocycles. The second-order valence-electron chi connectivity index (χ2n) is 13.8. The van der Waals surface area contributed by atoms with E-state index in [1.165, 1.54) is 32.7 Å². The van der Waals surface area contributed by atoms with Gasteiger partial charge in [-0.15, -0.1) is 0 Å². The number of ether oxygens (including phenoxy) is 1. The highest BCUT2D eigenvalue weighted by molar-refractivity contribution is 7.99. The Morgan fingerprint density at radius 2 is 1.21 bits per heavy atom. The van der Waals surface area contributed by atoms with Gasteiger partial charge in [0.25, 0.3) is 0 Å². The lowest BCUT2D eigenvalue weighted by Gasteiger charge is -2.40. The number of piperazine rings is 1. The molecule has 0 N–H and O–H groups in total. The van der Waals surface area contributed by atoms with Crippen LogP contribution >= 0.6 is 23.5 Å². The minimum Gasteiger partial charge on any atom is -0.372 e. The van der Waals surface area contributed by atoms with Crippen molar-refractivity contribution in [2.75, 3.05) is 39.3 Å². The van der Waals surface area contributed by atoms with Gasteiger partial charge in [0.1, 0.15) is 11.6 Å². The third-order valence-electron chi connectivity index (χ3n) is 10.00. The van der Waals surface area contributed by atoms with Crippen LogP contribution in [-0.4, -0.2) is 49.1 Å². The number of hydrogen-bond donors (Lipinski definition) is 0. The van der Waals surface area contributed by atoms with Crippen molar-refractivity contribution in [3.05, 3.63) is 118 Å². The fourth-order valence-electron chi connectivity index (χ4n) is 7.10. The van der Waals surface area contributed by atoms with Gasteiger partial charge in [-0.3, -0.25) is 9.80 Å². The summed E-state index contributed by atoms with van der Waals surface area (Å²) in [6.45, 7) is 14.4. The normalized spacial score (nSPS) is 19.9. The molecule has 0 bridgehead atoms. The fourth-order valence-corrected chi connectivity index (χ4v) is 9.37. The summed E-state index contributed by atoms with van der Waals surface area (Å²) in [5.41, 5.74) is 7.62. The van der Waals surface area contributed by atoms with E-state index in [1.54, 1.807) is 47.8 Å². The highest BCUT2D eigenvalue weighted by atomic mass is 32.2. The lowest BCUT2D eigenvalue weighted by Crippen LogP contribution is -2.48. The van der Waals surface area contributed by atoms with Crippen LogP contribution in [0.25, 0.3) is 0 Å². The minimum absolute atomic E-state index is 0.0655. The predicted octanol–water partition coefficient (Wildman–Crippen LogP) is 10.0. The summed E-state index contributed by atoms with van der Waals surface area (Å²) in [5, 5.41) is 0. The summed E-state index contributed by atoms with van der Waals surface area (Å²) in [5.74, 6) is 0.516. The smallest absolute Gasteiger partial charge is 0.124 e. The van der Waals surface area contributed by atoms with E-state index in [9.17, 15) is 8.78 Å². The zero-order valence-corrected chi connectivity index (χ0v) is 29.4. The Hall–Kier alpha value is -2.68.